The second-order valence-corrected chi connectivity index (χ2v) is 7.51. The molecule has 4 rings (SSSR count). The number of carbonyl (C=O) groups excluding carboxylic acids is 2. The summed E-state index contributed by atoms with van der Waals surface area (Å²) in [5.74, 6) is -0.708. The first-order chi connectivity index (χ1) is 14.0. The summed E-state index contributed by atoms with van der Waals surface area (Å²) in [5.41, 5.74) is 4.52. The Balaban J connectivity index is 1.81. The molecule has 2 aromatic rings. The van der Waals surface area contributed by atoms with Crippen molar-refractivity contribution in [2.24, 2.45) is 0 Å². The first-order valence-corrected chi connectivity index (χ1v) is 9.65. The van der Waals surface area contributed by atoms with Crippen molar-refractivity contribution in [3.05, 3.63) is 88.3 Å². The molecule has 0 bridgehead atoms. The Hall–Kier alpha value is -3.34. The zero-order valence-electron chi connectivity index (χ0n) is 16.4. The van der Waals surface area contributed by atoms with Crippen molar-refractivity contribution < 1.29 is 19.4 Å². The molecule has 1 aliphatic carbocycles. The van der Waals surface area contributed by atoms with Crippen LogP contribution in [0.3, 0.4) is 0 Å². The fraction of sp³-hybridized carbons (Fsp3) is 0.250. The second-order valence-electron chi connectivity index (χ2n) is 7.51. The van der Waals surface area contributed by atoms with Crippen molar-refractivity contribution in [1.29, 1.82) is 0 Å². The van der Waals surface area contributed by atoms with Gasteiger partial charge in [-0.25, -0.2) is 4.79 Å². The third kappa shape index (κ3) is 3.44. The van der Waals surface area contributed by atoms with Crippen LogP contribution in [0.25, 0.3) is 0 Å². The lowest BCUT2D eigenvalue weighted by molar-refractivity contribution is -0.136. The number of carbonyl (C=O) groups is 2. The second kappa shape index (κ2) is 7.59. The van der Waals surface area contributed by atoms with Gasteiger partial charge in [-0.1, -0.05) is 42.5 Å². The number of allylic oxidation sites excluding steroid dienone is 3. The minimum atomic E-state index is -0.511. The van der Waals surface area contributed by atoms with Gasteiger partial charge in [-0.3, -0.25) is 4.79 Å². The fourth-order valence-electron chi connectivity index (χ4n) is 4.38. The standard InChI is InChI=1S/C24H23NO4/c1-14-21(24(28)29-2)22(16-8-10-18(26)11-9-16)23-19(25-14)12-17(13-20(23)27)15-6-4-3-5-7-15/h3-11,17,22,25-26H,12-13H2,1-2H3/t17-,22-/m0/s1. The van der Waals surface area contributed by atoms with Crippen molar-refractivity contribution in [2.45, 2.75) is 31.6 Å². The van der Waals surface area contributed by atoms with Crippen molar-refractivity contribution in [2.75, 3.05) is 7.11 Å². The molecule has 0 saturated heterocycles. The highest BCUT2D eigenvalue weighted by molar-refractivity contribution is 6.04. The summed E-state index contributed by atoms with van der Waals surface area (Å²) in [5, 5.41) is 13.0. The highest BCUT2D eigenvalue weighted by Crippen LogP contribution is 2.45. The molecule has 2 aliphatic rings. The number of ketones is 1. The quantitative estimate of drug-likeness (QED) is 0.778. The highest BCUT2D eigenvalue weighted by atomic mass is 16.5. The number of esters is 1. The summed E-state index contributed by atoms with van der Waals surface area (Å²) in [6.07, 6.45) is 1.10. The van der Waals surface area contributed by atoms with Crippen LogP contribution in [-0.2, 0) is 14.3 Å². The third-order valence-corrected chi connectivity index (χ3v) is 5.73. The number of dihydropyridines is 1. The number of hydrogen-bond donors (Lipinski definition) is 2. The molecule has 29 heavy (non-hydrogen) atoms. The van der Waals surface area contributed by atoms with Gasteiger partial charge in [-0.05, 0) is 42.5 Å². The molecular formula is C24H23NO4. The van der Waals surface area contributed by atoms with Crippen LogP contribution in [0.5, 0.6) is 5.75 Å². The molecule has 0 unspecified atom stereocenters. The number of phenols is 1. The number of nitrogens with one attached hydrogen (secondary N) is 1. The molecule has 1 aliphatic heterocycles. The smallest absolute Gasteiger partial charge is 0.336 e. The lowest BCUT2D eigenvalue weighted by Crippen LogP contribution is -2.36. The van der Waals surface area contributed by atoms with E-state index in [1.165, 1.54) is 7.11 Å². The van der Waals surface area contributed by atoms with Gasteiger partial charge in [0.15, 0.2) is 5.78 Å². The maximum atomic E-state index is 13.3. The third-order valence-electron chi connectivity index (χ3n) is 5.73. The normalized spacial score (nSPS) is 21.5. The largest absolute Gasteiger partial charge is 0.508 e. The van der Waals surface area contributed by atoms with Crippen LogP contribution in [0.2, 0.25) is 0 Å². The lowest BCUT2D eigenvalue weighted by Gasteiger charge is -2.36. The predicted molar refractivity (Wildman–Crippen MR) is 109 cm³/mol. The molecule has 0 spiro atoms. The first kappa shape index (κ1) is 19.0. The molecule has 2 aromatic carbocycles. The van der Waals surface area contributed by atoms with Crippen LogP contribution in [0, 0.1) is 0 Å². The van der Waals surface area contributed by atoms with E-state index >= 15 is 0 Å². The van der Waals surface area contributed by atoms with Gasteiger partial charge in [0.2, 0.25) is 0 Å². The molecule has 5 nitrogen and oxygen atoms in total. The van der Waals surface area contributed by atoms with Gasteiger partial charge in [0.1, 0.15) is 5.75 Å². The van der Waals surface area contributed by atoms with Crippen LogP contribution < -0.4 is 5.32 Å². The first-order valence-electron chi connectivity index (χ1n) is 9.65. The van der Waals surface area contributed by atoms with Crippen LogP contribution in [0.1, 0.15) is 42.7 Å². The van der Waals surface area contributed by atoms with Crippen LogP contribution in [0.4, 0.5) is 0 Å². The Bertz CT molecular complexity index is 1020. The van der Waals surface area contributed by atoms with Gasteiger partial charge in [-0.2, -0.15) is 0 Å². The number of phenolic OH excluding ortho intramolecular Hbond substituents is 1. The van der Waals surface area contributed by atoms with Crippen LogP contribution in [0.15, 0.2) is 77.1 Å². The van der Waals surface area contributed by atoms with Gasteiger partial charge >= 0.3 is 5.97 Å². The fourth-order valence-corrected chi connectivity index (χ4v) is 4.38. The summed E-state index contributed by atoms with van der Waals surface area (Å²) in [7, 11) is 1.34. The molecule has 0 radical (unpaired) electrons. The van der Waals surface area contributed by atoms with E-state index < -0.39 is 11.9 Å². The van der Waals surface area contributed by atoms with Crippen molar-refractivity contribution in [3.63, 3.8) is 0 Å². The molecule has 2 atom stereocenters. The average molecular weight is 389 g/mol. The maximum absolute atomic E-state index is 13.3. The number of aromatic hydroxyl groups is 1. The zero-order valence-corrected chi connectivity index (χ0v) is 16.4. The number of hydrogen-bond acceptors (Lipinski definition) is 5. The van der Waals surface area contributed by atoms with Gasteiger partial charge in [0, 0.05) is 29.3 Å². The van der Waals surface area contributed by atoms with Gasteiger partial charge in [0.25, 0.3) is 0 Å². The van der Waals surface area contributed by atoms with Crippen molar-refractivity contribution in [3.8, 4) is 5.75 Å². The lowest BCUT2D eigenvalue weighted by atomic mass is 9.72. The molecule has 0 fully saturated rings. The Morgan fingerprint density at radius 2 is 1.72 bits per heavy atom. The van der Waals surface area contributed by atoms with Gasteiger partial charge in [0.05, 0.1) is 12.7 Å². The number of benzene rings is 2. The highest BCUT2D eigenvalue weighted by Gasteiger charge is 2.41. The Morgan fingerprint density at radius 3 is 2.38 bits per heavy atom. The van der Waals surface area contributed by atoms with E-state index in [0.717, 1.165) is 16.8 Å². The summed E-state index contributed by atoms with van der Waals surface area (Å²) < 4.78 is 5.02. The molecule has 0 aromatic heterocycles. The minimum Gasteiger partial charge on any atom is -0.508 e. The maximum Gasteiger partial charge on any atom is 0.336 e. The van der Waals surface area contributed by atoms with Crippen molar-refractivity contribution >= 4 is 11.8 Å². The van der Waals surface area contributed by atoms with E-state index in [1.807, 2.05) is 37.3 Å². The average Bonchev–Trinajstić information content (AvgIpc) is 2.73. The Morgan fingerprint density at radius 1 is 1.03 bits per heavy atom. The summed E-state index contributed by atoms with van der Waals surface area (Å²) in [4.78, 5) is 25.9. The number of Topliss-reactive ketones (excluding diaryl/α,β-unsaturated/α-hetero) is 1. The summed E-state index contributed by atoms with van der Waals surface area (Å²) >= 11 is 0. The topological polar surface area (TPSA) is 75.6 Å². The number of methoxy groups -OCH3 is 1. The van der Waals surface area contributed by atoms with Crippen LogP contribution >= 0.6 is 0 Å². The molecule has 2 N–H and O–H groups in total. The van der Waals surface area contributed by atoms with E-state index in [4.69, 9.17) is 4.74 Å². The molecule has 5 heteroatoms. The Kier molecular flexibility index (Phi) is 4.97. The zero-order chi connectivity index (χ0) is 20.5. The predicted octanol–water partition coefficient (Wildman–Crippen LogP) is 3.93. The molecule has 0 saturated carbocycles. The Labute approximate surface area is 169 Å². The summed E-state index contributed by atoms with van der Waals surface area (Å²) in [6.45, 7) is 1.83. The molecule has 148 valence electrons. The number of rotatable bonds is 3. The van der Waals surface area contributed by atoms with Gasteiger partial charge in [-0.15, -0.1) is 0 Å². The van der Waals surface area contributed by atoms with Crippen LogP contribution in [-0.4, -0.2) is 24.0 Å². The van der Waals surface area contributed by atoms with E-state index in [9.17, 15) is 14.7 Å². The monoisotopic (exact) mass is 389 g/mol. The number of ether oxygens (including phenoxy) is 1. The van der Waals surface area contributed by atoms with Gasteiger partial charge < -0.3 is 15.2 Å². The minimum absolute atomic E-state index is 0.0274. The van der Waals surface area contributed by atoms with E-state index in [1.54, 1.807) is 24.3 Å². The SMILES string of the molecule is COC(=O)C1=C(C)NC2=C(C(=O)C[C@@H](c3ccccc3)C2)[C@H]1c1ccc(O)cc1. The summed E-state index contributed by atoms with van der Waals surface area (Å²) in [6, 6.07) is 16.7. The molecular weight excluding hydrogens is 366 g/mol. The molecule has 0 amide bonds. The van der Waals surface area contributed by atoms with E-state index in [2.05, 4.69) is 5.32 Å². The van der Waals surface area contributed by atoms with Crippen molar-refractivity contribution in [1.82, 2.24) is 5.32 Å². The van der Waals surface area contributed by atoms with E-state index in [0.29, 0.717) is 29.7 Å². The molecule has 1 heterocycles. The van der Waals surface area contributed by atoms with E-state index in [-0.39, 0.29) is 17.5 Å².